The van der Waals surface area contributed by atoms with Gasteiger partial charge >= 0.3 is 0 Å². The quantitative estimate of drug-likeness (QED) is 0.384. The van der Waals surface area contributed by atoms with Gasteiger partial charge in [-0.2, -0.15) is 0 Å². The summed E-state index contributed by atoms with van der Waals surface area (Å²) in [6.07, 6.45) is 4.98. The fourth-order valence-corrected chi connectivity index (χ4v) is 5.77. The minimum atomic E-state index is -0.636. The topological polar surface area (TPSA) is 66.8 Å². The van der Waals surface area contributed by atoms with Crippen molar-refractivity contribution in [2.45, 2.75) is 51.1 Å². The molecule has 1 saturated carbocycles. The zero-order chi connectivity index (χ0) is 21.4. The van der Waals surface area contributed by atoms with Gasteiger partial charge in [-0.1, -0.05) is 30.9 Å². The summed E-state index contributed by atoms with van der Waals surface area (Å²) in [5.41, 5.74) is 1.53. The van der Waals surface area contributed by atoms with E-state index in [4.69, 9.17) is 16.3 Å². The fraction of sp³-hybridized carbons (Fsp3) is 0.391. The lowest BCUT2D eigenvalue weighted by Crippen LogP contribution is -2.40. The lowest BCUT2D eigenvalue weighted by Gasteiger charge is -2.35. The lowest BCUT2D eigenvalue weighted by atomic mass is 9.92. The average Bonchev–Trinajstić information content (AvgIpc) is 3.28. The van der Waals surface area contributed by atoms with Gasteiger partial charge < -0.3 is 14.7 Å². The van der Waals surface area contributed by atoms with Gasteiger partial charge in [-0.25, -0.2) is 0 Å². The van der Waals surface area contributed by atoms with Crippen molar-refractivity contribution in [2.24, 2.45) is 0 Å². The van der Waals surface area contributed by atoms with Crippen LogP contribution >= 0.6 is 22.9 Å². The molecule has 30 heavy (non-hydrogen) atoms. The van der Waals surface area contributed by atoms with Gasteiger partial charge in [-0.05, 0) is 55.0 Å². The maximum Gasteiger partial charge on any atom is 0.295 e. The molecule has 1 atom stereocenters. The minimum Gasteiger partial charge on any atom is -0.507 e. The Hall–Kier alpha value is -2.31. The van der Waals surface area contributed by atoms with Gasteiger partial charge in [0.25, 0.3) is 11.7 Å². The first-order chi connectivity index (χ1) is 14.4. The Kier molecular flexibility index (Phi) is 5.89. The van der Waals surface area contributed by atoms with Crippen molar-refractivity contribution in [3.05, 3.63) is 56.2 Å². The van der Waals surface area contributed by atoms with Crippen molar-refractivity contribution in [1.82, 2.24) is 4.90 Å². The number of hydrogen-bond acceptors (Lipinski definition) is 5. The number of amides is 1. The summed E-state index contributed by atoms with van der Waals surface area (Å²) in [7, 11) is 1.51. The summed E-state index contributed by atoms with van der Waals surface area (Å²) < 4.78 is 5.18. The summed E-state index contributed by atoms with van der Waals surface area (Å²) >= 11 is 7.74. The number of benzene rings is 1. The van der Waals surface area contributed by atoms with E-state index in [0.717, 1.165) is 42.5 Å². The van der Waals surface area contributed by atoms with Crippen LogP contribution in [-0.2, 0) is 9.59 Å². The lowest BCUT2D eigenvalue weighted by molar-refractivity contribution is -0.141. The standard InChI is InChI=1S/C23H24ClNO4S/c1-13-10-11-30-22(13)19-18(20(26)14-8-9-17(29-2)16(24)12-14)21(27)23(28)25(19)15-6-4-3-5-7-15/h8-12,15,19,26H,3-7H2,1-2H3/b20-18-. The number of aliphatic hydroxyl groups is 1. The molecule has 1 aromatic carbocycles. The Morgan fingerprint density at radius 3 is 2.53 bits per heavy atom. The molecule has 1 saturated heterocycles. The van der Waals surface area contributed by atoms with E-state index >= 15 is 0 Å². The number of aryl methyl sites for hydroxylation is 1. The van der Waals surface area contributed by atoms with Gasteiger partial charge in [0, 0.05) is 16.5 Å². The molecule has 0 bridgehead atoms. The van der Waals surface area contributed by atoms with Crippen molar-refractivity contribution >= 4 is 40.4 Å². The van der Waals surface area contributed by atoms with Crippen molar-refractivity contribution in [3.63, 3.8) is 0 Å². The summed E-state index contributed by atoms with van der Waals surface area (Å²) in [5, 5.41) is 13.4. The number of methoxy groups -OCH3 is 1. The molecule has 2 heterocycles. The minimum absolute atomic E-state index is 0.00598. The molecule has 158 valence electrons. The Balaban J connectivity index is 1.87. The molecule has 5 nitrogen and oxygen atoms in total. The summed E-state index contributed by atoms with van der Waals surface area (Å²) in [6.45, 7) is 1.97. The number of ether oxygens (including phenoxy) is 1. The van der Waals surface area contributed by atoms with E-state index in [9.17, 15) is 14.7 Å². The zero-order valence-corrected chi connectivity index (χ0v) is 18.6. The molecule has 1 aliphatic carbocycles. The fourth-order valence-electron chi connectivity index (χ4n) is 4.48. The van der Waals surface area contributed by atoms with E-state index in [2.05, 4.69) is 0 Å². The average molecular weight is 446 g/mol. The highest BCUT2D eigenvalue weighted by molar-refractivity contribution is 7.10. The molecule has 2 fully saturated rings. The van der Waals surface area contributed by atoms with E-state index < -0.39 is 17.7 Å². The Labute approximate surface area is 184 Å². The first-order valence-electron chi connectivity index (χ1n) is 10.1. The number of hydrogen-bond donors (Lipinski definition) is 1. The predicted molar refractivity (Wildman–Crippen MR) is 118 cm³/mol. The number of carbonyl (C=O) groups excluding carboxylic acids is 2. The molecular weight excluding hydrogens is 422 g/mol. The summed E-state index contributed by atoms with van der Waals surface area (Å²) in [5.74, 6) is -0.890. The number of likely N-dealkylation sites (tertiary alicyclic amines) is 1. The number of Topliss-reactive ketones (excluding diaryl/α,β-unsaturated/α-hetero) is 1. The molecule has 1 amide bonds. The van der Waals surface area contributed by atoms with E-state index in [1.54, 1.807) is 23.1 Å². The van der Waals surface area contributed by atoms with Crippen molar-refractivity contribution in [1.29, 1.82) is 0 Å². The van der Waals surface area contributed by atoms with Crippen molar-refractivity contribution in [3.8, 4) is 5.75 Å². The second kappa shape index (κ2) is 8.44. The highest BCUT2D eigenvalue weighted by atomic mass is 35.5. The Morgan fingerprint density at radius 1 is 1.20 bits per heavy atom. The molecule has 1 unspecified atom stereocenters. The highest BCUT2D eigenvalue weighted by Gasteiger charge is 2.49. The molecule has 4 rings (SSSR count). The molecule has 0 radical (unpaired) electrons. The molecule has 1 N–H and O–H groups in total. The van der Waals surface area contributed by atoms with Crippen LogP contribution in [0.4, 0.5) is 0 Å². The number of rotatable bonds is 4. The number of ketones is 1. The predicted octanol–water partition coefficient (Wildman–Crippen LogP) is 5.47. The van der Waals surface area contributed by atoms with Gasteiger partial charge in [0.15, 0.2) is 0 Å². The van der Waals surface area contributed by atoms with Crippen LogP contribution in [-0.4, -0.2) is 34.8 Å². The first kappa shape index (κ1) is 20.9. The third-order valence-electron chi connectivity index (χ3n) is 6.02. The molecule has 1 aliphatic heterocycles. The highest BCUT2D eigenvalue weighted by Crippen LogP contribution is 2.45. The van der Waals surface area contributed by atoms with Gasteiger partial charge in [-0.3, -0.25) is 9.59 Å². The maximum absolute atomic E-state index is 13.1. The molecule has 0 spiro atoms. The molecular formula is C23H24ClNO4S. The van der Waals surface area contributed by atoms with Crippen molar-refractivity contribution < 1.29 is 19.4 Å². The van der Waals surface area contributed by atoms with Crippen LogP contribution in [0.1, 0.15) is 54.1 Å². The van der Waals surface area contributed by atoms with Crippen LogP contribution in [0.5, 0.6) is 5.75 Å². The maximum atomic E-state index is 13.1. The summed E-state index contributed by atoms with van der Waals surface area (Å²) in [4.78, 5) is 28.9. The van der Waals surface area contributed by atoms with Crippen LogP contribution in [0.3, 0.4) is 0 Å². The Bertz CT molecular complexity index is 1020. The number of nitrogens with zero attached hydrogens (tertiary/aromatic N) is 1. The molecule has 1 aromatic heterocycles. The molecule has 7 heteroatoms. The van der Waals surface area contributed by atoms with Crippen LogP contribution in [0.25, 0.3) is 5.76 Å². The molecule has 2 aliphatic rings. The van der Waals surface area contributed by atoms with Gasteiger partial charge in [0.1, 0.15) is 17.6 Å². The number of halogens is 1. The third kappa shape index (κ3) is 3.52. The molecule has 2 aromatic rings. The summed E-state index contributed by atoms with van der Waals surface area (Å²) in [6, 6.07) is 6.25. The monoisotopic (exact) mass is 445 g/mol. The smallest absolute Gasteiger partial charge is 0.295 e. The van der Waals surface area contributed by atoms with Gasteiger partial charge in [-0.15, -0.1) is 11.3 Å². The van der Waals surface area contributed by atoms with Crippen LogP contribution in [0, 0.1) is 6.92 Å². The van der Waals surface area contributed by atoms with Gasteiger partial charge in [0.2, 0.25) is 0 Å². The Morgan fingerprint density at radius 2 is 1.93 bits per heavy atom. The number of thiophene rings is 1. The normalized spacial score (nSPS) is 22.0. The van der Waals surface area contributed by atoms with Gasteiger partial charge in [0.05, 0.1) is 17.7 Å². The number of carbonyl (C=O) groups is 2. The zero-order valence-electron chi connectivity index (χ0n) is 17.0. The van der Waals surface area contributed by atoms with E-state index in [1.807, 2.05) is 18.4 Å². The van der Waals surface area contributed by atoms with Crippen molar-refractivity contribution in [2.75, 3.05) is 7.11 Å². The van der Waals surface area contributed by atoms with Crippen LogP contribution in [0.2, 0.25) is 5.02 Å². The van der Waals surface area contributed by atoms with E-state index in [-0.39, 0.29) is 17.4 Å². The second-order valence-electron chi connectivity index (χ2n) is 7.82. The number of aliphatic hydroxyl groups excluding tert-OH is 1. The van der Waals surface area contributed by atoms with Crippen LogP contribution < -0.4 is 4.74 Å². The van der Waals surface area contributed by atoms with E-state index in [0.29, 0.717) is 16.3 Å². The largest absolute Gasteiger partial charge is 0.507 e. The third-order valence-corrected chi connectivity index (χ3v) is 7.39. The van der Waals surface area contributed by atoms with E-state index in [1.165, 1.54) is 18.4 Å². The second-order valence-corrected chi connectivity index (χ2v) is 9.17. The van der Waals surface area contributed by atoms with Crippen LogP contribution in [0.15, 0.2) is 35.2 Å². The first-order valence-corrected chi connectivity index (χ1v) is 11.4. The SMILES string of the molecule is COc1ccc(/C(O)=C2/C(=O)C(=O)N(C3CCCCC3)C2c2sccc2C)cc1Cl.